The number of halogens is 1. The summed E-state index contributed by atoms with van der Waals surface area (Å²) in [7, 11) is 1.79. The molecule has 0 atom stereocenters. The maximum absolute atomic E-state index is 11.8. The third-order valence-electron chi connectivity index (χ3n) is 2.36. The molecule has 0 aliphatic rings. The van der Waals surface area contributed by atoms with Crippen LogP contribution in [0.1, 0.15) is 16.2 Å². The van der Waals surface area contributed by atoms with E-state index in [2.05, 4.69) is 20.4 Å². The topological polar surface area (TPSA) is 98.7 Å². The number of carbonyl (C=O) groups is 1. The molecule has 0 spiro atoms. The van der Waals surface area contributed by atoms with Crippen LogP contribution >= 0.6 is 11.6 Å². The highest BCUT2D eigenvalue weighted by Crippen LogP contribution is 2.11. The number of nitrogens with one attached hydrogen (secondary N) is 1. The van der Waals surface area contributed by atoms with Crippen molar-refractivity contribution in [2.24, 2.45) is 7.05 Å². The van der Waals surface area contributed by atoms with E-state index in [1.54, 1.807) is 18.1 Å². The van der Waals surface area contributed by atoms with Crippen LogP contribution in [0, 0.1) is 0 Å². The van der Waals surface area contributed by atoms with Crippen molar-refractivity contribution in [1.82, 2.24) is 25.1 Å². The Morgan fingerprint density at radius 3 is 2.95 bits per heavy atom. The van der Waals surface area contributed by atoms with Crippen molar-refractivity contribution in [3.63, 3.8) is 0 Å². The molecule has 0 saturated carbocycles. The molecule has 2 rings (SSSR count). The van der Waals surface area contributed by atoms with Crippen molar-refractivity contribution in [3.8, 4) is 0 Å². The molecule has 2 aromatic rings. The number of hydrogen-bond acceptors (Lipinski definition) is 5. The molecule has 0 radical (unpaired) electrons. The molecule has 19 heavy (non-hydrogen) atoms. The zero-order chi connectivity index (χ0) is 13.8. The second-order valence-electron chi connectivity index (χ2n) is 3.94. The fraction of sp³-hybridized carbons (Fsp3) is 0.273. The first kappa shape index (κ1) is 13.3. The second-order valence-corrected chi connectivity index (χ2v) is 4.33. The van der Waals surface area contributed by atoms with Crippen molar-refractivity contribution < 1.29 is 4.79 Å². The van der Waals surface area contributed by atoms with Gasteiger partial charge in [-0.15, -0.1) is 0 Å². The summed E-state index contributed by atoms with van der Waals surface area (Å²) in [5.74, 6) is 0.631. The van der Waals surface area contributed by atoms with Crippen LogP contribution in [0.15, 0.2) is 18.5 Å². The minimum atomic E-state index is -0.257. The first-order chi connectivity index (χ1) is 9.04. The largest absolute Gasteiger partial charge is 0.384 e. The van der Waals surface area contributed by atoms with Gasteiger partial charge in [-0.05, 0) is 12.1 Å². The molecule has 0 aliphatic heterocycles. The van der Waals surface area contributed by atoms with Crippen LogP contribution in [-0.2, 0) is 13.5 Å². The highest BCUT2D eigenvalue weighted by molar-refractivity contribution is 6.29. The summed E-state index contributed by atoms with van der Waals surface area (Å²) in [4.78, 5) is 19.7. The molecule has 2 aromatic heterocycles. The van der Waals surface area contributed by atoms with Crippen LogP contribution < -0.4 is 11.1 Å². The normalized spacial score (nSPS) is 10.4. The lowest BCUT2D eigenvalue weighted by molar-refractivity contribution is 0.0954. The number of hydrogen-bond donors (Lipinski definition) is 2. The molecule has 1 amide bonds. The van der Waals surface area contributed by atoms with Gasteiger partial charge in [0.25, 0.3) is 5.91 Å². The summed E-state index contributed by atoms with van der Waals surface area (Å²) in [5.41, 5.74) is 5.90. The van der Waals surface area contributed by atoms with Gasteiger partial charge in [0.2, 0.25) is 0 Å². The van der Waals surface area contributed by atoms with E-state index in [4.69, 9.17) is 17.3 Å². The van der Waals surface area contributed by atoms with Gasteiger partial charge >= 0.3 is 0 Å². The fourth-order valence-electron chi connectivity index (χ4n) is 1.54. The Bertz CT molecular complexity index is 576. The van der Waals surface area contributed by atoms with Crippen LogP contribution in [-0.4, -0.2) is 32.2 Å². The number of anilines is 1. The number of nitrogen functional groups attached to an aromatic ring is 1. The number of carbonyl (C=O) groups excluding carboxylic acids is 1. The molecule has 0 bridgehead atoms. The van der Waals surface area contributed by atoms with Crippen molar-refractivity contribution in [1.29, 1.82) is 0 Å². The zero-order valence-corrected chi connectivity index (χ0v) is 11.1. The summed E-state index contributed by atoms with van der Waals surface area (Å²) in [5, 5.41) is 7.04. The monoisotopic (exact) mass is 280 g/mol. The Morgan fingerprint density at radius 2 is 2.32 bits per heavy atom. The predicted molar refractivity (Wildman–Crippen MR) is 70.7 cm³/mol. The van der Waals surface area contributed by atoms with Gasteiger partial charge in [0, 0.05) is 25.6 Å². The van der Waals surface area contributed by atoms with Gasteiger partial charge in [-0.3, -0.25) is 9.48 Å². The smallest absolute Gasteiger partial charge is 0.251 e. The van der Waals surface area contributed by atoms with Gasteiger partial charge in [-0.1, -0.05) is 11.6 Å². The minimum absolute atomic E-state index is 0.191. The van der Waals surface area contributed by atoms with Gasteiger partial charge < -0.3 is 11.1 Å². The molecule has 0 aromatic carbocycles. The zero-order valence-electron chi connectivity index (χ0n) is 10.3. The molecule has 3 N–H and O–H groups in total. The number of aryl methyl sites for hydroxylation is 1. The van der Waals surface area contributed by atoms with E-state index in [0.717, 1.165) is 0 Å². The summed E-state index contributed by atoms with van der Waals surface area (Å²) in [6, 6.07) is 2.94. The van der Waals surface area contributed by atoms with Gasteiger partial charge in [0.05, 0.1) is 0 Å². The quantitative estimate of drug-likeness (QED) is 0.791. The predicted octanol–water partition coefficient (Wildman–Crippen LogP) is 0.418. The highest BCUT2D eigenvalue weighted by atomic mass is 35.5. The molecule has 7 nitrogen and oxygen atoms in total. The van der Waals surface area contributed by atoms with Gasteiger partial charge in [0.1, 0.15) is 17.3 Å². The van der Waals surface area contributed by atoms with E-state index in [-0.39, 0.29) is 16.9 Å². The molecule has 0 unspecified atom stereocenters. The Labute approximate surface area is 114 Å². The minimum Gasteiger partial charge on any atom is -0.384 e. The second kappa shape index (κ2) is 5.66. The SMILES string of the molecule is Cn1cnc(CCNC(=O)c2cc(N)nc(Cl)c2)n1. The maximum atomic E-state index is 11.8. The maximum Gasteiger partial charge on any atom is 0.251 e. The van der Waals surface area contributed by atoms with Crippen LogP contribution in [0.4, 0.5) is 5.82 Å². The molecule has 8 heteroatoms. The average Bonchev–Trinajstić information content (AvgIpc) is 2.73. The Kier molecular flexibility index (Phi) is 3.96. The number of aromatic nitrogens is 4. The number of amides is 1. The summed E-state index contributed by atoms with van der Waals surface area (Å²) >= 11 is 5.73. The van der Waals surface area contributed by atoms with Crippen LogP contribution in [0.3, 0.4) is 0 Å². The first-order valence-electron chi connectivity index (χ1n) is 5.60. The van der Waals surface area contributed by atoms with Crippen molar-refractivity contribution in [2.45, 2.75) is 6.42 Å². The summed E-state index contributed by atoms with van der Waals surface area (Å²) in [6.45, 7) is 0.433. The molecule has 0 fully saturated rings. The Balaban J connectivity index is 1.90. The molecule has 100 valence electrons. The van der Waals surface area contributed by atoms with E-state index in [0.29, 0.717) is 24.4 Å². The van der Waals surface area contributed by atoms with Crippen LogP contribution in [0.25, 0.3) is 0 Å². The Morgan fingerprint density at radius 1 is 1.53 bits per heavy atom. The molecular formula is C11H13ClN6O. The third-order valence-corrected chi connectivity index (χ3v) is 2.55. The van der Waals surface area contributed by atoms with Crippen LogP contribution in [0.2, 0.25) is 5.15 Å². The van der Waals surface area contributed by atoms with Crippen molar-refractivity contribution in [2.75, 3.05) is 12.3 Å². The average molecular weight is 281 g/mol. The van der Waals surface area contributed by atoms with E-state index in [1.165, 1.54) is 12.1 Å². The number of nitrogens with zero attached hydrogens (tertiary/aromatic N) is 4. The van der Waals surface area contributed by atoms with E-state index in [1.807, 2.05) is 0 Å². The van der Waals surface area contributed by atoms with Crippen LogP contribution in [0.5, 0.6) is 0 Å². The molecule has 0 aliphatic carbocycles. The van der Waals surface area contributed by atoms with Gasteiger partial charge in [-0.2, -0.15) is 5.10 Å². The standard InChI is InChI=1S/C11H13ClN6O/c1-18-6-15-10(17-18)2-3-14-11(19)7-4-8(12)16-9(13)5-7/h4-6H,2-3H2,1H3,(H2,13,16)(H,14,19). The summed E-state index contributed by atoms with van der Waals surface area (Å²) in [6.07, 6.45) is 2.17. The first-order valence-corrected chi connectivity index (χ1v) is 5.98. The number of pyridine rings is 1. The van der Waals surface area contributed by atoms with Gasteiger partial charge in [0.15, 0.2) is 5.82 Å². The number of nitrogens with two attached hydrogens (primary N) is 1. The van der Waals surface area contributed by atoms with E-state index < -0.39 is 0 Å². The van der Waals surface area contributed by atoms with Gasteiger partial charge in [-0.25, -0.2) is 9.97 Å². The van der Waals surface area contributed by atoms with Crippen molar-refractivity contribution in [3.05, 3.63) is 35.0 Å². The Hall–Kier alpha value is -2.15. The highest BCUT2D eigenvalue weighted by Gasteiger charge is 2.08. The number of rotatable bonds is 4. The third kappa shape index (κ3) is 3.65. The van der Waals surface area contributed by atoms with E-state index in [9.17, 15) is 4.79 Å². The lowest BCUT2D eigenvalue weighted by Gasteiger charge is -2.04. The molecule has 0 saturated heterocycles. The molecule has 2 heterocycles. The lowest BCUT2D eigenvalue weighted by Crippen LogP contribution is -2.26. The molecular weight excluding hydrogens is 268 g/mol. The van der Waals surface area contributed by atoms with E-state index >= 15 is 0 Å². The van der Waals surface area contributed by atoms with Crippen molar-refractivity contribution >= 4 is 23.3 Å². The summed E-state index contributed by atoms with van der Waals surface area (Å²) < 4.78 is 1.61. The fourth-order valence-corrected chi connectivity index (χ4v) is 1.75. The lowest BCUT2D eigenvalue weighted by atomic mass is 10.2.